The van der Waals surface area contributed by atoms with Crippen LogP contribution < -0.4 is 0 Å². The maximum absolute atomic E-state index is 10.4. The molecule has 0 spiro atoms. The standard InChI is InChI=1S/C18H34N2O3/c1-17(2)14-4-5-18(17,3)15(12-14)23-16(22)13-20-8-6-19(7-9-20)10-11-21/h14-16,21-22H,4-13H2,1-3H3/t14-,15-,16+,18+/m1/s1. The number of β-amino-alcohol motifs (C(OH)–C–C–N with tert-alkyl or cyclic N) is 2. The van der Waals surface area contributed by atoms with Crippen molar-refractivity contribution in [3.8, 4) is 0 Å². The quantitative estimate of drug-likeness (QED) is 0.717. The van der Waals surface area contributed by atoms with E-state index in [1.165, 1.54) is 12.8 Å². The molecule has 3 rings (SSSR count). The summed E-state index contributed by atoms with van der Waals surface area (Å²) in [5.74, 6) is 0.742. The van der Waals surface area contributed by atoms with E-state index >= 15 is 0 Å². The van der Waals surface area contributed by atoms with Crippen LogP contribution >= 0.6 is 0 Å². The molecule has 0 aromatic rings. The van der Waals surface area contributed by atoms with Crippen molar-refractivity contribution in [3.05, 3.63) is 0 Å². The van der Waals surface area contributed by atoms with Crippen LogP contribution in [0.3, 0.4) is 0 Å². The predicted octanol–water partition coefficient (Wildman–Crippen LogP) is 1.15. The van der Waals surface area contributed by atoms with Crippen molar-refractivity contribution in [2.75, 3.05) is 45.9 Å². The molecule has 0 aromatic heterocycles. The van der Waals surface area contributed by atoms with E-state index in [1.54, 1.807) is 0 Å². The first-order valence-electron chi connectivity index (χ1n) is 9.26. The molecule has 5 nitrogen and oxygen atoms in total. The Balaban J connectivity index is 1.47. The highest BCUT2D eigenvalue weighted by Gasteiger charge is 2.62. The normalized spacial score (nSPS) is 39.0. The minimum atomic E-state index is -0.684. The highest BCUT2D eigenvalue weighted by molar-refractivity contribution is 5.11. The number of fused-ring (bicyclic) bond motifs is 2. The fourth-order valence-corrected chi connectivity index (χ4v) is 5.13. The number of aliphatic hydroxyl groups is 2. The van der Waals surface area contributed by atoms with Crippen LogP contribution in [0.4, 0.5) is 0 Å². The van der Waals surface area contributed by atoms with Gasteiger partial charge in [-0.15, -0.1) is 0 Å². The first-order chi connectivity index (χ1) is 10.9. The van der Waals surface area contributed by atoms with E-state index < -0.39 is 6.29 Å². The number of rotatable bonds is 6. The van der Waals surface area contributed by atoms with Gasteiger partial charge in [0, 0.05) is 39.3 Å². The van der Waals surface area contributed by atoms with Gasteiger partial charge in [-0.3, -0.25) is 9.80 Å². The molecule has 0 radical (unpaired) electrons. The summed E-state index contributed by atoms with van der Waals surface area (Å²) in [5, 5.41) is 19.4. The van der Waals surface area contributed by atoms with Gasteiger partial charge in [-0.2, -0.15) is 0 Å². The van der Waals surface area contributed by atoms with Crippen LogP contribution in [0.2, 0.25) is 0 Å². The average Bonchev–Trinajstić information content (AvgIpc) is 2.83. The zero-order valence-electron chi connectivity index (χ0n) is 15.0. The molecule has 1 saturated heterocycles. The summed E-state index contributed by atoms with van der Waals surface area (Å²) in [6.07, 6.45) is 3.15. The molecule has 0 aromatic carbocycles. The van der Waals surface area contributed by atoms with Crippen molar-refractivity contribution in [1.82, 2.24) is 9.80 Å². The van der Waals surface area contributed by atoms with E-state index in [2.05, 4.69) is 30.6 Å². The summed E-state index contributed by atoms with van der Waals surface area (Å²) in [4.78, 5) is 4.54. The lowest BCUT2D eigenvalue weighted by atomic mass is 9.70. The number of aliphatic hydroxyl groups excluding tert-OH is 2. The lowest BCUT2D eigenvalue weighted by Gasteiger charge is -2.40. The second-order valence-electron chi connectivity index (χ2n) is 8.56. The van der Waals surface area contributed by atoms with Gasteiger partial charge in [0.05, 0.1) is 12.7 Å². The van der Waals surface area contributed by atoms with E-state index in [4.69, 9.17) is 9.84 Å². The molecule has 5 heteroatoms. The van der Waals surface area contributed by atoms with Gasteiger partial charge >= 0.3 is 0 Å². The Labute approximate surface area is 140 Å². The molecule has 0 amide bonds. The van der Waals surface area contributed by atoms with E-state index in [0.29, 0.717) is 12.0 Å². The smallest absolute Gasteiger partial charge is 0.167 e. The van der Waals surface area contributed by atoms with Crippen LogP contribution in [0.1, 0.15) is 40.0 Å². The Morgan fingerprint density at radius 1 is 1.13 bits per heavy atom. The van der Waals surface area contributed by atoms with Crippen LogP contribution in [0.5, 0.6) is 0 Å². The largest absolute Gasteiger partial charge is 0.395 e. The second kappa shape index (κ2) is 6.60. The second-order valence-corrected chi connectivity index (χ2v) is 8.56. The van der Waals surface area contributed by atoms with Crippen LogP contribution in [0.25, 0.3) is 0 Å². The monoisotopic (exact) mass is 326 g/mol. The molecule has 3 aliphatic rings. The van der Waals surface area contributed by atoms with Gasteiger partial charge < -0.3 is 14.9 Å². The third-order valence-electron chi connectivity index (χ3n) is 7.33. The average molecular weight is 326 g/mol. The maximum Gasteiger partial charge on any atom is 0.167 e. The molecule has 2 bridgehead atoms. The van der Waals surface area contributed by atoms with Crippen molar-refractivity contribution in [1.29, 1.82) is 0 Å². The van der Waals surface area contributed by atoms with Gasteiger partial charge in [-0.1, -0.05) is 20.8 Å². The van der Waals surface area contributed by atoms with Crippen molar-refractivity contribution in [2.45, 2.75) is 52.4 Å². The summed E-state index contributed by atoms with van der Waals surface area (Å²) in [7, 11) is 0. The van der Waals surface area contributed by atoms with Gasteiger partial charge in [0.25, 0.3) is 0 Å². The van der Waals surface area contributed by atoms with E-state index in [1.807, 2.05) is 0 Å². The van der Waals surface area contributed by atoms with Crippen LogP contribution in [0.15, 0.2) is 0 Å². The number of piperazine rings is 1. The third-order valence-corrected chi connectivity index (χ3v) is 7.33. The van der Waals surface area contributed by atoms with Gasteiger partial charge in [0.15, 0.2) is 6.29 Å². The zero-order chi connectivity index (χ0) is 16.7. The highest BCUT2D eigenvalue weighted by atomic mass is 16.6. The van der Waals surface area contributed by atoms with Crippen molar-refractivity contribution in [2.24, 2.45) is 16.7 Å². The fourth-order valence-electron chi connectivity index (χ4n) is 5.13. The lowest BCUT2D eigenvalue weighted by Crippen LogP contribution is -2.50. The minimum Gasteiger partial charge on any atom is -0.395 e. The van der Waals surface area contributed by atoms with Gasteiger partial charge in [-0.25, -0.2) is 0 Å². The molecule has 4 atom stereocenters. The maximum atomic E-state index is 10.4. The molecule has 0 unspecified atom stereocenters. The fraction of sp³-hybridized carbons (Fsp3) is 1.00. The first-order valence-corrected chi connectivity index (χ1v) is 9.26. The first kappa shape index (κ1) is 17.6. The Hall–Kier alpha value is -0.200. The summed E-state index contributed by atoms with van der Waals surface area (Å²) in [5.41, 5.74) is 0.534. The lowest BCUT2D eigenvalue weighted by molar-refractivity contribution is -0.181. The summed E-state index contributed by atoms with van der Waals surface area (Å²) in [6, 6.07) is 0. The molecule has 2 N–H and O–H groups in total. The van der Waals surface area contributed by atoms with Crippen LogP contribution in [-0.4, -0.2) is 78.3 Å². The van der Waals surface area contributed by atoms with E-state index in [0.717, 1.165) is 45.1 Å². The molecule has 2 aliphatic carbocycles. The zero-order valence-corrected chi connectivity index (χ0v) is 15.0. The van der Waals surface area contributed by atoms with Crippen molar-refractivity contribution in [3.63, 3.8) is 0 Å². The summed E-state index contributed by atoms with van der Waals surface area (Å²) in [6.45, 7) is 12.5. The van der Waals surface area contributed by atoms with Crippen molar-refractivity contribution < 1.29 is 14.9 Å². The summed E-state index contributed by atoms with van der Waals surface area (Å²) >= 11 is 0. The molecule has 1 aliphatic heterocycles. The molecule has 3 fully saturated rings. The molecule has 23 heavy (non-hydrogen) atoms. The third kappa shape index (κ3) is 3.19. The molecular formula is C18H34N2O3. The number of hydrogen-bond acceptors (Lipinski definition) is 5. The van der Waals surface area contributed by atoms with E-state index in [-0.39, 0.29) is 18.1 Å². The van der Waals surface area contributed by atoms with Crippen molar-refractivity contribution >= 4 is 0 Å². The van der Waals surface area contributed by atoms with Gasteiger partial charge in [-0.05, 0) is 36.0 Å². The number of ether oxygens (including phenoxy) is 1. The Morgan fingerprint density at radius 2 is 1.78 bits per heavy atom. The Morgan fingerprint density at radius 3 is 2.30 bits per heavy atom. The molecule has 134 valence electrons. The number of hydrogen-bond donors (Lipinski definition) is 2. The van der Waals surface area contributed by atoms with Gasteiger partial charge in [0.2, 0.25) is 0 Å². The highest BCUT2D eigenvalue weighted by Crippen LogP contribution is 2.66. The molecule has 2 saturated carbocycles. The topological polar surface area (TPSA) is 56.2 Å². The van der Waals surface area contributed by atoms with E-state index in [9.17, 15) is 5.11 Å². The van der Waals surface area contributed by atoms with Crippen LogP contribution in [-0.2, 0) is 4.74 Å². The molecular weight excluding hydrogens is 292 g/mol. The Kier molecular flexibility index (Phi) is 5.06. The minimum absolute atomic E-state index is 0.196. The number of nitrogens with zero attached hydrogens (tertiary/aromatic N) is 2. The SMILES string of the molecule is CC1(C)[C@@H]2CC[C@@]1(C)[C@H](O[C@H](O)CN1CCN(CCO)CC1)C2. The Bertz CT molecular complexity index is 409. The van der Waals surface area contributed by atoms with Gasteiger partial charge in [0.1, 0.15) is 0 Å². The van der Waals surface area contributed by atoms with Crippen LogP contribution in [0, 0.1) is 16.7 Å². The molecule has 1 heterocycles. The predicted molar refractivity (Wildman–Crippen MR) is 90.1 cm³/mol. The summed E-state index contributed by atoms with van der Waals surface area (Å²) < 4.78 is 6.12.